The van der Waals surface area contributed by atoms with Crippen molar-refractivity contribution in [3.63, 3.8) is 0 Å². The second-order valence-corrected chi connectivity index (χ2v) is 10.4. The van der Waals surface area contributed by atoms with E-state index >= 15 is 0 Å². The van der Waals surface area contributed by atoms with Crippen LogP contribution in [0.4, 0.5) is 0 Å². The number of nitrogens with two attached hydrogens (primary N) is 1. The molecule has 1 rings (SSSR count). The maximum Gasteiger partial charge on any atom is 0.246 e. The number of hydrogen-bond acceptors (Lipinski definition) is 2. The van der Waals surface area contributed by atoms with Gasteiger partial charge in [0.1, 0.15) is 6.10 Å². The zero-order chi connectivity index (χ0) is 14.5. The van der Waals surface area contributed by atoms with Gasteiger partial charge in [0.05, 0.1) is 8.07 Å². The number of hydrogen-bond donors (Lipinski definition) is 2. The number of aliphatic hydroxyl groups excluding tert-OH is 1. The maximum absolute atomic E-state index is 10.8. The third-order valence-electron chi connectivity index (χ3n) is 3.49. The van der Waals surface area contributed by atoms with Crippen LogP contribution in [-0.2, 0) is 10.8 Å². The fourth-order valence-corrected chi connectivity index (χ4v) is 4.35. The summed E-state index contributed by atoms with van der Waals surface area (Å²) in [7, 11) is -1.61. The summed E-state index contributed by atoms with van der Waals surface area (Å²) in [5.41, 5.74) is 6.36. The number of carbonyl (C=O) groups is 1. The van der Waals surface area contributed by atoms with E-state index < -0.39 is 20.1 Å². The summed E-state index contributed by atoms with van der Waals surface area (Å²) >= 11 is 0. The highest BCUT2D eigenvalue weighted by atomic mass is 28.3. The molecule has 1 atom stereocenters. The zero-order valence-corrected chi connectivity index (χ0v) is 12.7. The van der Waals surface area contributed by atoms with Gasteiger partial charge in [-0.2, -0.15) is 0 Å². The van der Waals surface area contributed by atoms with Gasteiger partial charge in [0.25, 0.3) is 0 Å². The van der Waals surface area contributed by atoms with Crippen LogP contribution in [0.25, 0.3) is 0 Å². The average molecular weight is 277 g/mol. The normalized spacial score (nSPS) is 13.0. The predicted molar refractivity (Wildman–Crippen MR) is 81.2 cm³/mol. The van der Waals surface area contributed by atoms with E-state index in [0.29, 0.717) is 12.8 Å². The van der Waals surface area contributed by atoms with Crippen LogP contribution in [-0.4, -0.2) is 25.2 Å². The molecule has 0 aliphatic heterocycles. The van der Waals surface area contributed by atoms with Crippen LogP contribution in [0.3, 0.4) is 0 Å². The molecule has 3 nitrogen and oxygen atoms in total. The highest BCUT2D eigenvalue weighted by Crippen LogP contribution is 2.23. The summed E-state index contributed by atoms with van der Waals surface area (Å²) in [6.45, 7) is 8.68. The van der Waals surface area contributed by atoms with E-state index in [1.807, 2.05) is 18.2 Å². The first-order valence-electron chi connectivity index (χ1n) is 6.52. The summed E-state index contributed by atoms with van der Waals surface area (Å²) < 4.78 is 0. The van der Waals surface area contributed by atoms with Crippen molar-refractivity contribution in [2.24, 2.45) is 5.73 Å². The number of benzene rings is 1. The molecular weight excluding hydrogens is 254 g/mol. The number of aliphatic hydroxyl groups is 1. The third-order valence-corrected chi connectivity index (χ3v) is 6.95. The summed E-state index contributed by atoms with van der Waals surface area (Å²) in [4.78, 5) is 10.8. The fourth-order valence-electron chi connectivity index (χ4n) is 2.02. The van der Waals surface area contributed by atoms with Crippen molar-refractivity contribution < 1.29 is 9.90 Å². The number of allylic oxidation sites excluding steroid dienone is 1. The Hall–Kier alpha value is -1.39. The number of rotatable bonds is 7. The van der Waals surface area contributed by atoms with Crippen molar-refractivity contribution >= 4 is 14.0 Å². The first-order valence-corrected chi connectivity index (χ1v) is 9.73. The van der Waals surface area contributed by atoms with Gasteiger partial charge in [-0.3, -0.25) is 4.79 Å². The molecule has 1 aromatic rings. The van der Waals surface area contributed by atoms with Gasteiger partial charge in [0, 0.05) is 0 Å². The molecule has 1 unspecified atom stereocenters. The zero-order valence-electron chi connectivity index (χ0n) is 11.7. The molecular formula is C15H23NO2Si. The number of primary amides is 1. The van der Waals surface area contributed by atoms with Crippen LogP contribution in [0, 0.1) is 0 Å². The maximum atomic E-state index is 10.8. The van der Waals surface area contributed by atoms with E-state index in [2.05, 4.69) is 31.8 Å². The van der Waals surface area contributed by atoms with E-state index in [1.165, 1.54) is 5.56 Å². The molecule has 0 radical (unpaired) electrons. The summed E-state index contributed by atoms with van der Waals surface area (Å²) in [6.07, 6.45) is -0.0199. The molecule has 0 aliphatic carbocycles. The molecule has 0 saturated carbocycles. The van der Waals surface area contributed by atoms with E-state index in [-0.39, 0.29) is 0 Å². The lowest BCUT2D eigenvalue weighted by molar-refractivity contribution is -0.126. The smallest absolute Gasteiger partial charge is 0.246 e. The van der Waals surface area contributed by atoms with Gasteiger partial charge < -0.3 is 10.8 Å². The Kier molecular flexibility index (Phi) is 5.51. The molecule has 0 aliphatic rings. The predicted octanol–water partition coefficient (Wildman–Crippen LogP) is 2.20. The third kappa shape index (κ3) is 5.01. The van der Waals surface area contributed by atoms with Crippen LogP contribution in [0.5, 0.6) is 0 Å². The van der Waals surface area contributed by atoms with Crippen molar-refractivity contribution in [2.45, 2.75) is 38.1 Å². The Bertz CT molecular complexity index is 443. The van der Waals surface area contributed by atoms with E-state index in [4.69, 9.17) is 5.73 Å². The van der Waals surface area contributed by atoms with Crippen molar-refractivity contribution in [1.29, 1.82) is 0 Å². The molecule has 0 fully saturated rings. The molecule has 19 heavy (non-hydrogen) atoms. The van der Waals surface area contributed by atoms with Crippen molar-refractivity contribution in [2.75, 3.05) is 0 Å². The van der Waals surface area contributed by atoms with Crippen molar-refractivity contribution in [3.8, 4) is 0 Å². The van der Waals surface area contributed by atoms with Crippen molar-refractivity contribution in [1.82, 2.24) is 0 Å². The minimum absolute atomic E-state index is 0.374. The van der Waals surface area contributed by atoms with E-state index in [0.717, 1.165) is 11.2 Å². The molecule has 1 amide bonds. The van der Waals surface area contributed by atoms with Gasteiger partial charge in [0.15, 0.2) is 0 Å². The van der Waals surface area contributed by atoms with Crippen LogP contribution in [0.1, 0.15) is 18.4 Å². The van der Waals surface area contributed by atoms with Crippen LogP contribution < -0.4 is 5.73 Å². The summed E-state index contributed by atoms with van der Waals surface area (Å²) in [5.74, 6) is -0.657. The van der Waals surface area contributed by atoms with Gasteiger partial charge in [-0.15, -0.1) is 6.58 Å². The van der Waals surface area contributed by atoms with Gasteiger partial charge in [-0.25, -0.2) is 0 Å². The van der Waals surface area contributed by atoms with Gasteiger partial charge in [-0.05, 0) is 18.9 Å². The molecule has 3 N–H and O–H groups in total. The van der Waals surface area contributed by atoms with Gasteiger partial charge >= 0.3 is 0 Å². The van der Waals surface area contributed by atoms with Gasteiger partial charge in [0.2, 0.25) is 5.91 Å². The molecule has 104 valence electrons. The van der Waals surface area contributed by atoms with Crippen LogP contribution in [0.15, 0.2) is 42.1 Å². The van der Waals surface area contributed by atoms with Gasteiger partial charge in [-0.1, -0.05) is 54.2 Å². The first kappa shape index (κ1) is 15.7. The Balaban J connectivity index is 2.57. The topological polar surface area (TPSA) is 63.3 Å². The molecule has 0 aromatic heterocycles. The number of amides is 1. The first-order chi connectivity index (χ1) is 8.83. The van der Waals surface area contributed by atoms with Crippen LogP contribution >= 0.6 is 0 Å². The van der Waals surface area contributed by atoms with E-state index in [9.17, 15) is 9.90 Å². The fraction of sp³-hybridized carbons (Fsp3) is 0.400. The SMILES string of the molecule is C=C(CCC(O)C(N)=O)[Si](C)(C)Cc1ccccc1. The highest BCUT2D eigenvalue weighted by Gasteiger charge is 2.25. The summed E-state index contributed by atoms with van der Waals surface area (Å²) in [6, 6.07) is 11.4. The standard InChI is InChI=1S/C15H23NO2Si/c1-12(9-10-14(17)15(16)18)19(2,3)11-13-7-5-4-6-8-13/h4-8,14,17H,1,9-11H2,2-3H3,(H2,16,18). The second-order valence-electron chi connectivity index (χ2n) is 5.61. The van der Waals surface area contributed by atoms with Crippen LogP contribution in [0.2, 0.25) is 13.1 Å². The molecule has 0 heterocycles. The Morgan fingerprint density at radius 3 is 2.47 bits per heavy atom. The quantitative estimate of drug-likeness (QED) is 0.750. The highest BCUT2D eigenvalue weighted by molar-refractivity contribution is 6.83. The average Bonchev–Trinajstić information content (AvgIpc) is 2.35. The minimum atomic E-state index is -1.61. The largest absolute Gasteiger partial charge is 0.383 e. The molecule has 4 heteroatoms. The lowest BCUT2D eigenvalue weighted by Crippen LogP contribution is -2.34. The lowest BCUT2D eigenvalue weighted by Gasteiger charge is -2.26. The minimum Gasteiger partial charge on any atom is -0.383 e. The molecule has 1 aromatic carbocycles. The van der Waals surface area contributed by atoms with Crippen molar-refractivity contribution in [3.05, 3.63) is 47.7 Å². The Morgan fingerprint density at radius 1 is 1.37 bits per heavy atom. The monoisotopic (exact) mass is 277 g/mol. The number of carbonyl (C=O) groups excluding carboxylic acids is 1. The summed E-state index contributed by atoms with van der Waals surface area (Å²) in [5, 5.41) is 10.6. The Morgan fingerprint density at radius 2 is 1.95 bits per heavy atom. The lowest BCUT2D eigenvalue weighted by atomic mass is 10.2. The van der Waals surface area contributed by atoms with E-state index in [1.54, 1.807) is 0 Å². The second kappa shape index (κ2) is 6.68. The molecule has 0 saturated heterocycles. The molecule has 0 bridgehead atoms. The molecule has 0 spiro atoms. The Labute approximate surface area is 116 Å².